The topological polar surface area (TPSA) is 3.24 Å². The van der Waals surface area contributed by atoms with Gasteiger partial charge in [-0.1, -0.05) is 46.8 Å². The Balaban J connectivity index is 1.71. The fraction of sp³-hybridized carbons (Fsp3) is 0.647. The third-order valence-corrected chi connectivity index (χ3v) is 6.10. The summed E-state index contributed by atoms with van der Waals surface area (Å²) >= 11 is 9.71. The molecule has 1 aromatic rings. The molecule has 1 aliphatic carbocycles. The lowest BCUT2D eigenvalue weighted by Crippen LogP contribution is -2.41. The first-order valence-corrected chi connectivity index (χ1v) is 9.32. The van der Waals surface area contributed by atoms with E-state index >= 15 is 0 Å². The van der Waals surface area contributed by atoms with Gasteiger partial charge in [0.2, 0.25) is 0 Å². The molecule has 110 valence electrons. The summed E-state index contributed by atoms with van der Waals surface area (Å²) in [7, 11) is 0. The van der Waals surface area contributed by atoms with Crippen LogP contribution in [0.1, 0.15) is 50.5 Å². The number of hydrogen-bond donors (Lipinski definition) is 0. The van der Waals surface area contributed by atoms with Crippen LogP contribution in [0, 0.1) is 5.41 Å². The number of nitrogens with zero attached hydrogens (tertiary/aromatic N) is 1. The minimum Gasteiger partial charge on any atom is -0.371 e. The Morgan fingerprint density at radius 2 is 1.75 bits per heavy atom. The molecule has 1 spiro atoms. The zero-order valence-corrected chi connectivity index (χ0v) is 14.3. The van der Waals surface area contributed by atoms with Crippen LogP contribution >= 0.6 is 27.5 Å². The second-order valence-corrected chi connectivity index (χ2v) is 7.45. The van der Waals surface area contributed by atoms with Crippen LogP contribution in [0.4, 0.5) is 5.69 Å². The molecule has 3 rings (SSSR count). The van der Waals surface area contributed by atoms with Gasteiger partial charge >= 0.3 is 0 Å². The number of hydrogen-bond acceptors (Lipinski definition) is 1. The Morgan fingerprint density at radius 3 is 2.40 bits per heavy atom. The maximum atomic E-state index is 6.11. The highest BCUT2D eigenvalue weighted by molar-refractivity contribution is 9.08. The van der Waals surface area contributed by atoms with Crippen molar-refractivity contribution in [2.75, 3.05) is 18.0 Å². The van der Waals surface area contributed by atoms with Crippen molar-refractivity contribution in [1.29, 1.82) is 0 Å². The van der Waals surface area contributed by atoms with Gasteiger partial charge in [0.1, 0.15) is 0 Å². The number of rotatable bonds is 2. The fourth-order valence-electron chi connectivity index (χ4n) is 3.99. The SMILES string of the molecule is Clc1ccc(N2CCC3(CCCCC3)CC2)c(CBr)c1. The van der Waals surface area contributed by atoms with Crippen LogP contribution in [0.15, 0.2) is 18.2 Å². The lowest BCUT2D eigenvalue weighted by molar-refractivity contribution is 0.144. The van der Waals surface area contributed by atoms with Crippen LogP contribution in [0.3, 0.4) is 0 Å². The molecule has 1 aliphatic heterocycles. The zero-order valence-electron chi connectivity index (χ0n) is 12.0. The Labute approximate surface area is 135 Å². The lowest BCUT2D eigenvalue weighted by atomic mass is 9.68. The van der Waals surface area contributed by atoms with Gasteiger partial charge in [-0.3, -0.25) is 0 Å². The Morgan fingerprint density at radius 1 is 1.05 bits per heavy atom. The molecule has 1 saturated heterocycles. The normalized spacial score (nSPS) is 22.2. The molecule has 20 heavy (non-hydrogen) atoms. The van der Waals surface area contributed by atoms with Gasteiger partial charge < -0.3 is 4.90 Å². The fourth-order valence-corrected chi connectivity index (χ4v) is 4.64. The number of halogens is 2. The molecule has 1 aromatic carbocycles. The molecule has 1 heterocycles. The van der Waals surface area contributed by atoms with Crippen molar-refractivity contribution in [3.8, 4) is 0 Å². The number of piperidine rings is 1. The van der Waals surface area contributed by atoms with Gasteiger partial charge in [-0.25, -0.2) is 0 Å². The van der Waals surface area contributed by atoms with Crippen molar-refractivity contribution in [2.24, 2.45) is 5.41 Å². The Hall–Kier alpha value is -0.210. The average Bonchev–Trinajstić information content (AvgIpc) is 2.49. The van der Waals surface area contributed by atoms with Gasteiger partial charge in [0.05, 0.1) is 0 Å². The molecule has 0 N–H and O–H groups in total. The molecule has 3 heteroatoms. The van der Waals surface area contributed by atoms with Crippen LogP contribution in [0.5, 0.6) is 0 Å². The first kappa shape index (κ1) is 14.7. The molecule has 0 aromatic heterocycles. The van der Waals surface area contributed by atoms with Gasteiger partial charge in [-0.05, 0) is 54.9 Å². The van der Waals surface area contributed by atoms with Gasteiger partial charge in [0.25, 0.3) is 0 Å². The van der Waals surface area contributed by atoms with E-state index in [4.69, 9.17) is 11.6 Å². The number of anilines is 1. The van der Waals surface area contributed by atoms with Gasteiger partial charge in [-0.2, -0.15) is 0 Å². The van der Waals surface area contributed by atoms with Crippen molar-refractivity contribution < 1.29 is 0 Å². The van der Waals surface area contributed by atoms with Gasteiger partial charge in [0, 0.05) is 29.1 Å². The van der Waals surface area contributed by atoms with E-state index in [1.807, 2.05) is 6.07 Å². The molecule has 2 fully saturated rings. The second-order valence-electron chi connectivity index (χ2n) is 6.45. The van der Waals surface area contributed by atoms with Crippen molar-refractivity contribution in [1.82, 2.24) is 0 Å². The van der Waals surface area contributed by atoms with Crippen LogP contribution < -0.4 is 4.90 Å². The summed E-state index contributed by atoms with van der Waals surface area (Å²) in [5.41, 5.74) is 3.37. The molecule has 0 unspecified atom stereocenters. The first-order chi connectivity index (χ1) is 9.72. The van der Waals surface area contributed by atoms with E-state index in [0.29, 0.717) is 5.41 Å². The van der Waals surface area contributed by atoms with Crippen LogP contribution in [0.25, 0.3) is 0 Å². The van der Waals surface area contributed by atoms with Crippen LogP contribution in [-0.4, -0.2) is 13.1 Å². The van der Waals surface area contributed by atoms with E-state index in [1.54, 1.807) is 0 Å². The molecule has 1 nitrogen and oxygen atoms in total. The molecular formula is C17H23BrClN. The Bertz CT molecular complexity index is 458. The second kappa shape index (κ2) is 6.27. The van der Waals surface area contributed by atoms with Crippen molar-refractivity contribution >= 4 is 33.2 Å². The smallest absolute Gasteiger partial charge is 0.0410 e. The molecule has 1 saturated carbocycles. The maximum absolute atomic E-state index is 6.11. The quantitative estimate of drug-likeness (QED) is 0.607. The predicted octanol–water partition coefficient (Wildman–Crippen LogP) is 5.79. The highest BCUT2D eigenvalue weighted by Crippen LogP contribution is 2.45. The number of alkyl halides is 1. The largest absolute Gasteiger partial charge is 0.371 e. The van der Waals surface area contributed by atoms with Crippen molar-refractivity contribution in [3.63, 3.8) is 0 Å². The molecule has 2 aliphatic rings. The average molecular weight is 357 g/mol. The summed E-state index contributed by atoms with van der Waals surface area (Å²) in [6, 6.07) is 6.31. The van der Waals surface area contributed by atoms with Crippen LogP contribution in [0.2, 0.25) is 5.02 Å². The third kappa shape index (κ3) is 3.01. The number of benzene rings is 1. The third-order valence-electron chi connectivity index (χ3n) is 5.26. The summed E-state index contributed by atoms with van der Waals surface area (Å²) < 4.78 is 0. The van der Waals surface area contributed by atoms with E-state index in [1.165, 1.54) is 69.3 Å². The minimum atomic E-state index is 0.676. The minimum absolute atomic E-state index is 0.676. The molecule has 0 radical (unpaired) electrons. The summed E-state index contributed by atoms with van der Waals surface area (Å²) in [6.07, 6.45) is 10.0. The molecule has 0 bridgehead atoms. The van der Waals surface area contributed by atoms with Crippen molar-refractivity contribution in [3.05, 3.63) is 28.8 Å². The van der Waals surface area contributed by atoms with Crippen LogP contribution in [-0.2, 0) is 5.33 Å². The Kier molecular flexibility index (Phi) is 4.62. The molecule has 0 amide bonds. The maximum Gasteiger partial charge on any atom is 0.0410 e. The molecular weight excluding hydrogens is 334 g/mol. The zero-order chi connectivity index (χ0) is 14.0. The summed E-state index contributed by atoms with van der Waals surface area (Å²) in [5, 5.41) is 1.72. The highest BCUT2D eigenvalue weighted by atomic mass is 79.9. The highest BCUT2D eigenvalue weighted by Gasteiger charge is 2.35. The van der Waals surface area contributed by atoms with E-state index < -0.39 is 0 Å². The van der Waals surface area contributed by atoms with Crippen molar-refractivity contribution in [2.45, 2.75) is 50.3 Å². The van der Waals surface area contributed by atoms with E-state index in [0.717, 1.165) is 10.4 Å². The summed E-state index contributed by atoms with van der Waals surface area (Å²) in [6.45, 7) is 2.42. The lowest BCUT2D eigenvalue weighted by Gasteiger charge is -2.45. The summed E-state index contributed by atoms with van der Waals surface area (Å²) in [4.78, 5) is 2.56. The molecule has 0 atom stereocenters. The van der Waals surface area contributed by atoms with E-state index in [9.17, 15) is 0 Å². The first-order valence-electron chi connectivity index (χ1n) is 7.82. The summed E-state index contributed by atoms with van der Waals surface area (Å²) in [5.74, 6) is 0. The van der Waals surface area contributed by atoms with Gasteiger partial charge in [0.15, 0.2) is 0 Å². The predicted molar refractivity (Wildman–Crippen MR) is 91.0 cm³/mol. The standard InChI is InChI=1S/C17H23BrClN/c18-13-14-12-15(19)4-5-16(14)20-10-8-17(9-11-20)6-2-1-3-7-17/h4-5,12H,1-3,6-11,13H2. The van der Waals surface area contributed by atoms with E-state index in [-0.39, 0.29) is 0 Å². The monoisotopic (exact) mass is 355 g/mol. The van der Waals surface area contributed by atoms with Gasteiger partial charge in [-0.15, -0.1) is 0 Å². The van der Waals surface area contributed by atoms with E-state index in [2.05, 4.69) is 33.0 Å².